The van der Waals surface area contributed by atoms with E-state index >= 15 is 0 Å². The smallest absolute Gasteiger partial charge is 0.147 e. The van der Waals surface area contributed by atoms with Crippen molar-refractivity contribution in [2.45, 2.75) is 46.2 Å². The van der Waals surface area contributed by atoms with Gasteiger partial charge in [-0.2, -0.15) is 0 Å². The van der Waals surface area contributed by atoms with Gasteiger partial charge in [0.05, 0.1) is 13.2 Å². The van der Waals surface area contributed by atoms with Gasteiger partial charge in [0, 0.05) is 11.1 Å². The summed E-state index contributed by atoms with van der Waals surface area (Å²) in [5, 5.41) is 13.9. The molecule has 0 radical (unpaired) electrons. The Morgan fingerprint density at radius 1 is 1.24 bits per heavy atom. The molecule has 0 fully saturated rings. The average molecular weight is 305 g/mol. The molecule has 0 aliphatic heterocycles. The van der Waals surface area contributed by atoms with Crippen LogP contribution in [0.4, 0.5) is 0 Å². The quantitative estimate of drug-likeness (QED) is 0.879. The molecule has 4 nitrogen and oxygen atoms in total. The van der Waals surface area contributed by atoms with Gasteiger partial charge in [-0.05, 0) is 39.3 Å². The van der Waals surface area contributed by atoms with Crippen LogP contribution in [0.3, 0.4) is 0 Å². The van der Waals surface area contributed by atoms with Gasteiger partial charge in [-0.3, -0.25) is 0 Å². The van der Waals surface area contributed by atoms with E-state index in [9.17, 15) is 0 Å². The number of ether oxygens (including phenoxy) is 1. The van der Waals surface area contributed by atoms with Crippen LogP contribution in [0.5, 0.6) is 5.75 Å². The molecule has 0 spiro atoms. The molecule has 1 N–H and O–H groups in total. The molecule has 1 aromatic carbocycles. The van der Waals surface area contributed by atoms with E-state index < -0.39 is 0 Å². The molecular weight excluding hydrogens is 282 g/mol. The Labute approximate surface area is 130 Å². The summed E-state index contributed by atoms with van der Waals surface area (Å²) in [6, 6.07) is 8.04. The van der Waals surface area contributed by atoms with Crippen molar-refractivity contribution < 1.29 is 4.74 Å². The number of benzene rings is 1. The molecule has 1 aromatic heterocycles. The van der Waals surface area contributed by atoms with Gasteiger partial charge in [-0.25, -0.2) is 0 Å². The number of rotatable bonds is 6. The molecule has 0 saturated heterocycles. The molecule has 0 amide bonds. The maximum atomic E-state index is 5.66. The van der Waals surface area contributed by atoms with Gasteiger partial charge >= 0.3 is 0 Å². The summed E-state index contributed by atoms with van der Waals surface area (Å²) in [7, 11) is 0. The van der Waals surface area contributed by atoms with E-state index in [-0.39, 0.29) is 5.54 Å². The molecule has 5 heteroatoms. The third-order valence-corrected chi connectivity index (χ3v) is 3.76. The van der Waals surface area contributed by atoms with E-state index in [4.69, 9.17) is 4.74 Å². The third kappa shape index (κ3) is 5.10. The monoisotopic (exact) mass is 305 g/mol. The summed E-state index contributed by atoms with van der Waals surface area (Å²) in [6.45, 7) is 10.0. The minimum atomic E-state index is 0.0831. The first-order chi connectivity index (χ1) is 9.98. The highest BCUT2D eigenvalue weighted by Crippen LogP contribution is 2.27. The summed E-state index contributed by atoms with van der Waals surface area (Å²) in [4.78, 5) is 0. The molecule has 21 heavy (non-hydrogen) atoms. The average Bonchev–Trinajstić information content (AvgIpc) is 2.91. The summed E-state index contributed by atoms with van der Waals surface area (Å²) in [5.41, 5.74) is 1.14. The van der Waals surface area contributed by atoms with Crippen molar-refractivity contribution in [1.29, 1.82) is 0 Å². The van der Waals surface area contributed by atoms with Crippen molar-refractivity contribution in [2.75, 3.05) is 6.61 Å². The number of hydrogen-bond donors (Lipinski definition) is 1. The fourth-order valence-electron chi connectivity index (χ4n) is 1.72. The highest BCUT2D eigenvalue weighted by Gasteiger charge is 2.12. The Morgan fingerprint density at radius 2 is 2.05 bits per heavy atom. The SMILES string of the molecule is CCCOc1cccc(-c2nnc(CNC(C)(C)C)s2)c1. The molecule has 0 aliphatic rings. The van der Waals surface area contributed by atoms with Gasteiger partial charge < -0.3 is 10.1 Å². The van der Waals surface area contributed by atoms with Crippen molar-refractivity contribution in [2.24, 2.45) is 0 Å². The predicted molar refractivity (Wildman–Crippen MR) is 87.7 cm³/mol. The van der Waals surface area contributed by atoms with Crippen LogP contribution in [0.2, 0.25) is 0 Å². The second-order valence-electron chi connectivity index (χ2n) is 5.98. The zero-order chi connectivity index (χ0) is 15.3. The minimum Gasteiger partial charge on any atom is -0.494 e. The van der Waals surface area contributed by atoms with Crippen LogP contribution in [-0.2, 0) is 6.54 Å². The Morgan fingerprint density at radius 3 is 2.76 bits per heavy atom. The summed E-state index contributed by atoms with van der Waals surface area (Å²) >= 11 is 1.62. The number of aromatic nitrogens is 2. The largest absolute Gasteiger partial charge is 0.494 e. The van der Waals surface area contributed by atoms with Crippen molar-refractivity contribution in [3.63, 3.8) is 0 Å². The first-order valence-electron chi connectivity index (χ1n) is 7.28. The molecule has 2 rings (SSSR count). The highest BCUT2D eigenvalue weighted by molar-refractivity contribution is 7.14. The van der Waals surface area contributed by atoms with Crippen molar-refractivity contribution in [1.82, 2.24) is 15.5 Å². The Bertz CT molecular complexity index is 575. The van der Waals surface area contributed by atoms with Crippen LogP contribution in [-0.4, -0.2) is 22.3 Å². The topological polar surface area (TPSA) is 47.0 Å². The lowest BCUT2D eigenvalue weighted by Crippen LogP contribution is -2.35. The van der Waals surface area contributed by atoms with E-state index in [2.05, 4.69) is 43.2 Å². The second kappa shape index (κ2) is 7.00. The van der Waals surface area contributed by atoms with Crippen molar-refractivity contribution in [3.05, 3.63) is 29.3 Å². The second-order valence-corrected chi connectivity index (χ2v) is 7.04. The van der Waals surface area contributed by atoms with E-state index in [0.29, 0.717) is 0 Å². The molecular formula is C16H23N3OS. The zero-order valence-electron chi connectivity index (χ0n) is 13.1. The normalized spacial score (nSPS) is 11.6. The molecule has 114 valence electrons. The fraction of sp³-hybridized carbons (Fsp3) is 0.500. The summed E-state index contributed by atoms with van der Waals surface area (Å²) in [6.07, 6.45) is 1.01. The first-order valence-corrected chi connectivity index (χ1v) is 8.10. The summed E-state index contributed by atoms with van der Waals surface area (Å²) in [5.74, 6) is 0.888. The van der Waals surface area contributed by atoms with Crippen LogP contribution in [0.25, 0.3) is 10.6 Å². The molecule has 1 heterocycles. The molecule has 0 saturated carbocycles. The van der Waals surface area contributed by atoms with E-state index in [1.165, 1.54) is 0 Å². The van der Waals surface area contributed by atoms with Gasteiger partial charge in [-0.15, -0.1) is 10.2 Å². The maximum Gasteiger partial charge on any atom is 0.147 e. The van der Waals surface area contributed by atoms with Crippen molar-refractivity contribution in [3.8, 4) is 16.3 Å². The van der Waals surface area contributed by atoms with Gasteiger partial charge in [0.15, 0.2) is 0 Å². The molecule has 0 bridgehead atoms. The predicted octanol–water partition coefficient (Wildman–Crippen LogP) is 3.88. The number of nitrogens with one attached hydrogen (secondary N) is 1. The molecule has 0 aliphatic carbocycles. The molecule has 0 unspecified atom stereocenters. The van der Waals surface area contributed by atoms with Crippen molar-refractivity contribution >= 4 is 11.3 Å². The molecule has 0 atom stereocenters. The Hall–Kier alpha value is -1.46. The summed E-state index contributed by atoms with van der Waals surface area (Å²) < 4.78 is 5.66. The minimum absolute atomic E-state index is 0.0831. The zero-order valence-corrected chi connectivity index (χ0v) is 14.0. The van der Waals surface area contributed by atoms with Crippen LogP contribution >= 0.6 is 11.3 Å². The fourth-order valence-corrected chi connectivity index (χ4v) is 2.50. The third-order valence-electron chi connectivity index (χ3n) is 2.79. The number of nitrogens with zero attached hydrogens (tertiary/aromatic N) is 2. The maximum absolute atomic E-state index is 5.66. The van der Waals surface area contributed by atoms with Gasteiger partial charge in [0.1, 0.15) is 15.8 Å². The van der Waals surface area contributed by atoms with Gasteiger partial charge in [-0.1, -0.05) is 30.4 Å². The first kappa shape index (κ1) is 15.9. The molecule has 2 aromatic rings. The Kier molecular flexibility index (Phi) is 5.31. The van der Waals surface area contributed by atoms with Crippen LogP contribution in [0.15, 0.2) is 24.3 Å². The highest BCUT2D eigenvalue weighted by atomic mass is 32.1. The van der Waals surface area contributed by atoms with Gasteiger partial charge in [0.2, 0.25) is 0 Å². The number of hydrogen-bond acceptors (Lipinski definition) is 5. The van der Waals surface area contributed by atoms with Crippen LogP contribution in [0.1, 0.15) is 39.1 Å². The lowest BCUT2D eigenvalue weighted by Gasteiger charge is -2.19. The lowest BCUT2D eigenvalue weighted by atomic mass is 10.1. The van der Waals surface area contributed by atoms with E-state index in [1.807, 2.05) is 24.3 Å². The Balaban J connectivity index is 2.06. The van der Waals surface area contributed by atoms with Gasteiger partial charge in [0.25, 0.3) is 0 Å². The van der Waals surface area contributed by atoms with Crippen LogP contribution in [0, 0.1) is 0 Å². The van der Waals surface area contributed by atoms with E-state index in [0.717, 1.165) is 40.9 Å². The lowest BCUT2D eigenvalue weighted by molar-refractivity contribution is 0.317. The standard InChI is InChI=1S/C16H23N3OS/c1-5-9-20-13-8-6-7-12(10-13)15-19-18-14(21-15)11-17-16(2,3)4/h6-8,10,17H,5,9,11H2,1-4H3. The van der Waals surface area contributed by atoms with Crippen LogP contribution < -0.4 is 10.1 Å². The van der Waals surface area contributed by atoms with E-state index in [1.54, 1.807) is 11.3 Å².